The summed E-state index contributed by atoms with van der Waals surface area (Å²) in [6.45, 7) is 0. The topological polar surface area (TPSA) is 79.0 Å². The van der Waals surface area contributed by atoms with E-state index in [1.807, 2.05) is 11.4 Å². The summed E-state index contributed by atoms with van der Waals surface area (Å²) in [7, 11) is 0. The second kappa shape index (κ2) is 7.82. The highest BCUT2D eigenvalue weighted by molar-refractivity contribution is 7.10. The summed E-state index contributed by atoms with van der Waals surface area (Å²) in [5.41, 5.74) is 7.47. The molecule has 1 aromatic heterocycles. The van der Waals surface area contributed by atoms with Gasteiger partial charge in [-0.05, 0) is 56.9 Å². The second-order valence-electron chi connectivity index (χ2n) is 8.86. The van der Waals surface area contributed by atoms with Crippen LogP contribution in [0.1, 0.15) is 78.9 Å². The molecule has 3 aliphatic rings. The summed E-state index contributed by atoms with van der Waals surface area (Å²) in [6.07, 6.45) is 5.46. The lowest BCUT2D eigenvalue weighted by Crippen LogP contribution is -2.40. The van der Waals surface area contributed by atoms with Crippen molar-refractivity contribution in [2.24, 2.45) is 17.6 Å². The Morgan fingerprint density at radius 2 is 1.86 bits per heavy atom. The molecule has 3 fully saturated rings. The van der Waals surface area contributed by atoms with E-state index in [9.17, 15) is 13.6 Å². The van der Waals surface area contributed by atoms with Crippen LogP contribution >= 0.6 is 11.3 Å². The molecule has 0 bridgehead atoms. The van der Waals surface area contributed by atoms with Crippen LogP contribution in [0.5, 0.6) is 0 Å². The van der Waals surface area contributed by atoms with Crippen LogP contribution in [-0.2, 0) is 0 Å². The Bertz CT molecular complexity index is 732. The van der Waals surface area contributed by atoms with Crippen LogP contribution in [0.3, 0.4) is 0 Å². The molecule has 4 nitrogen and oxygen atoms in total. The van der Waals surface area contributed by atoms with Gasteiger partial charge < -0.3 is 16.5 Å². The van der Waals surface area contributed by atoms with E-state index in [4.69, 9.17) is 11.1 Å². The highest BCUT2D eigenvalue weighted by Gasteiger charge is 2.45. The first-order valence-electron chi connectivity index (χ1n) is 10.4. The number of hydrogen-bond donors (Lipinski definition) is 3. The third kappa shape index (κ3) is 4.46. The number of amides is 1. The predicted octanol–water partition coefficient (Wildman–Crippen LogP) is 4.70. The van der Waals surface area contributed by atoms with Crippen molar-refractivity contribution in [3.63, 3.8) is 0 Å². The maximum absolute atomic E-state index is 13.3. The minimum absolute atomic E-state index is 0.148. The molecule has 0 radical (unpaired) electrons. The SMILES string of the molecule is N=C(C1CCC(N)CC1)[C@@H]1C[C@H]1c1cc(C(=O)NC2CCC(F)(F)CC2)cs1. The summed E-state index contributed by atoms with van der Waals surface area (Å²) in [5, 5.41) is 13.3. The normalized spacial score (nSPS) is 32.7. The fourth-order valence-electron chi connectivity index (χ4n) is 4.71. The zero-order chi connectivity index (χ0) is 19.9. The maximum Gasteiger partial charge on any atom is 0.252 e. The minimum atomic E-state index is -2.58. The largest absolute Gasteiger partial charge is 0.349 e. The lowest BCUT2D eigenvalue weighted by Gasteiger charge is -2.28. The monoisotopic (exact) mass is 409 g/mol. The van der Waals surface area contributed by atoms with Gasteiger partial charge in [-0.3, -0.25) is 4.79 Å². The number of rotatable bonds is 5. The first-order chi connectivity index (χ1) is 13.3. The molecule has 0 saturated heterocycles. The molecule has 1 aromatic rings. The lowest BCUT2D eigenvalue weighted by atomic mass is 9.82. The molecule has 154 valence electrons. The van der Waals surface area contributed by atoms with Crippen molar-refractivity contribution in [3.05, 3.63) is 21.9 Å². The van der Waals surface area contributed by atoms with Gasteiger partial charge in [0, 0.05) is 52.7 Å². The van der Waals surface area contributed by atoms with Gasteiger partial charge in [-0.2, -0.15) is 0 Å². The molecule has 28 heavy (non-hydrogen) atoms. The molecule has 0 spiro atoms. The van der Waals surface area contributed by atoms with Crippen molar-refractivity contribution in [2.75, 3.05) is 0 Å². The first-order valence-corrected chi connectivity index (χ1v) is 11.3. The maximum atomic E-state index is 13.3. The molecule has 3 aliphatic carbocycles. The van der Waals surface area contributed by atoms with Gasteiger partial charge in [0.05, 0.1) is 5.56 Å². The molecule has 0 unspecified atom stereocenters. The van der Waals surface area contributed by atoms with E-state index in [1.165, 1.54) is 4.88 Å². The summed E-state index contributed by atoms with van der Waals surface area (Å²) in [6, 6.07) is 2.08. The Morgan fingerprint density at radius 1 is 1.18 bits per heavy atom. The molecule has 0 aliphatic heterocycles. The van der Waals surface area contributed by atoms with Crippen molar-refractivity contribution in [1.29, 1.82) is 5.41 Å². The van der Waals surface area contributed by atoms with Gasteiger partial charge in [-0.15, -0.1) is 11.3 Å². The van der Waals surface area contributed by atoms with Crippen LogP contribution in [0.15, 0.2) is 11.4 Å². The van der Waals surface area contributed by atoms with E-state index in [1.54, 1.807) is 11.3 Å². The standard InChI is InChI=1S/C21H29F2N3OS/c22-21(23)7-5-15(6-8-21)26-20(27)13-9-18(28-11-13)16-10-17(16)19(25)12-1-3-14(24)4-2-12/h9,11-12,14-17,25H,1-8,10,24H2,(H,26,27)/t12?,14?,16-,17-/m1/s1. The fourth-order valence-corrected chi connectivity index (χ4v) is 5.77. The molecular formula is C21H29F2N3OS. The quantitative estimate of drug-likeness (QED) is 0.617. The molecule has 0 aromatic carbocycles. The zero-order valence-electron chi connectivity index (χ0n) is 16.1. The molecular weight excluding hydrogens is 380 g/mol. The third-order valence-corrected chi connectivity index (χ3v) is 7.77. The van der Waals surface area contributed by atoms with Crippen LogP contribution in [0.2, 0.25) is 0 Å². The smallest absolute Gasteiger partial charge is 0.252 e. The number of carbonyl (C=O) groups excluding carboxylic acids is 1. The Labute approximate surface area is 168 Å². The van der Waals surface area contributed by atoms with Crippen molar-refractivity contribution in [3.8, 4) is 0 Å². The van der Waals surface area contributed by atoms with Crippen LogP contribution < -0.4 is 11.1 Å². The van der Waals surface area contributed by atoms with Crippen molar-refractivity contribution in [2.45, 2.75) is 81.7 Å². The van der Waals surface area contributed by atoms with Crippen LogP contribution in [0, 0.1) is 17.2 Å². The van der Waals surface area contributed by atoms with Gasteiger partial charge in [0.1, 0.15) is 0 Å². The number of nitrogens with two attached hydrogens (primary N) is 1. The van der Waals surface area contributed by atoms with E-state index in [-0.39, 0.29) is 24.8 Å². The van der Waals surface area contributed by atoms with E-state index in [0.717, 1.165) is 37.8 Å². The van der Waals surface area contributed by atoms with Gasteiger partial charge in [-0.25, -0.2) is 8.78 Å². The summed E-state index contributed by atoms with van der Waals surface area (Å²) < 4.78 is 26.5. The highest BCUT2D eigenvalue weighted by atomic mass is 32.1. The average Bonchev–Trinajstić information content (AvgIpc) is 3.31. The molecule has 2 atom stereocenters. The van der Waals surface area contributed by atoms with Gasteiger partial charge in [-0.1, -0.05) is 0 Å². The summed E-state index contributed by atoms with van der Waals surface area (Å²) >= 11 is 1.58. The molecule has 1 heterocycles. The van der Waals surface area contributed by atoms with Gasteiger partial charge in [0.2, 0.25) is 5.92 Å². The Hall–Kier alpha value is -1.34. The van der Waals surface area contributed by atoms with Gasteiger partial charge in [0.25, 0.3) is 5.91 Å². The summed E-state index contributed by atoms with van der Waals surface area (Å²) in [5.74, 6) is -1.68. The van der Waals surface area contributed by atoms with Crippen LogP contribution in [-0.4, -0.2) is 29.6 Å². The number of thiophene rings is 1. The highest BCUT2D eigenvalue weighted by Crippen LogP contribution is 2.52. The average molecular weight is 410 g/mol. The van der Waals surface area contributed by atoms with E-state index >= 15 is 0 Å². The van der Waals surface area contributed by atoms with Crippen molar-refractivity contribution < 1.29 is 13.6 Å². The number of nitrogens with one attached hydrogen (secondary N) is 2. The van der Waals surface area contributed by atoms with Crippen molar-refractivity contribution in [1.82, 2.24) is 5.32 Å². The van der Waals surface area contributed by atoms with Gasteiger partial charge >= 0.3 is 0 Å². The number of halogens is 2. The third-order valence-electron chi connectivity index (χ3n) is 6.70. The minimum Gasteiger partial charge on any atom is -0.349 e. The number of alkyl halides is 2. The van der Waals surface area contributed by atoms with E-state index in [0.29, 0.717) is 42.2 Å². The molecule has 3 saturated carbocycles. The van der Waals surface area contributed by atoms with Crippen molar-refractivity contribution >= 4 is 23.0 Å². The number of carbonyl (C=O) groups is 1. The lowest BCUT2D eigenvalue weighted by molar-refractivity contribution is -0.0399. The Kier molecular flexibility index (Phi) is 5.58. The Morgan fingerprint density at radius 3 is 2.54 bits per heavy atom. The van der Waals surface area contributed by atoms with E-state index in [2.05, 4.69) is 5.32 Å². The molecule has 4 N–H and O–H groups in total. The predicted molar refractivity (Wildman–Crippen MR) is 107 cm³/mol. The molecule has 1 amide bonds. The second-order valence-corrected chi connectivity index (χ2v) is 9.80. The van der Waals surface area contributed by atoms with E-state index < -0.39 is 5.92 Å². The summed E-state index contributed by atoms with van der Waals surface area (Å²) in [4.78, 5) is 13.6. The molecule has 4 rings (SSSR count). The van der Waals surface area contributed by atoms with Gasteiger partial charge in [0.15, 0.2) is 0 Å². The zero-order valence-corrected chi connectivity index (χ0v) is 16.9. The first kappa shape index (κ1) is 20.0. The van der Waals surface area contributed by atoms with Crippen LogP contribution in [0.25, 0.3) is 0 Å². The van der Waals surface area contributed by atoms with Crippen LogP contribution in [0.4, 0.5) is 8.78 Å². The molecule has 7 heteroatoms. The number of hydrogen-bond acceptors (Lipinski definition) is 4. The fraction of sp³-hybridized carbons (Fsp3) is 0.714. The Balaban J connectivity index is 1.29.